The molecule has 0 saturated carbocycles. The number of anilines is 1. The molecular formula is C24H25N3O2S. The van der Waals surface area contributed by atoms with Crippen molar-refractivity contribution >= 4 is 29.3 Å². The first-order valence-electron chi connectivity index (χ1n) is 9.96. The molecule has 6 heteroatoms. The first-order chi connectivity index (χ1) is 14.5. The normalized spacial score (nSPS) is 20.1. The van der Waals surface area contributed by atoms with Crippen molar-refractivity contribution in [3.8, 4) is 0 Å². The van der Waals surface area contributed by atoms with Crippen molar-refractivity contribution < 1.29 is 9.59 Å². The zero-order valence-electron chi connectivity index (χ0n) is 17.5. The molecule has 2 amide bonds. The molecule has 2 unspecified atom stereocenters. The maximum Gasteiger partial charge on any atom is 0.247 e. The van der Waals surface area contributed by atoms with Crippen LogP contribution in [-0.2, 0) is 9.59 Å². The number of hydrogen-bond donors (Lipinski definition) is 3. The molecular weight excluding hydrogens is 394 g/mol. The number of aryl methyl sites for hydroxylation is 1. The van der Waals surface area contributed by atoms with Crippen molar-refractivity contribution in [1.29, 1.82) is 0 Å². The molecule has 1 aliphatic heterocycles. The summed E-state index contributed by atoms with van der Waals surface area (Å²) in [6.45, 7) is 4.00. The molecule has 1 heterocycles. The fraction of sp³-hybridized carbons (Fsp3) is 0.250. The van der Waals surface area contributed by atoms with Crippen LogP contribution in [0.2, 0.25) is 0 Å². The minimum Gasteiger partial charge on any atom is -0.359 e. The second-order valence-corrected chi connectivity index (χ2v) is 8.56. The van der Waals surface area contributed by atoms with E-state index in [1.165, 1.54) is 0 Å². The number of para-hydroxylation sites is 1. The maximum atomic E-state index is 13.2. The van der Waals surface area contributed by atoms with Crippen LogP contribution in [0.25, 0.3) is 0 Å². The van der Waals surface area contributed by atoms with Gasteiger partial charge in [-0.05, 0) is 42.7 Å². The highest BCUT2D eigenvalue weighted by Crippen LogP contribution is 2.53. The van der Waals surface area contributed by atoms with Crippen molar-refractivity contribution in [3.63, 3.8) is 0 Å². The Morgan fingerprint density at radius 2 is 1.67 bits per heavy atom. The largest absolute Gasteiger partial charge is 0.359 e. The first-order valence-corrected chi connectivity index (χ1v) is 10.8. The molecule has 0 aromatic heterocycles. The number of benzene rings is 2. The van der Waals surface area contributed by atoms with Crippen molar-refractivity contribution in [2.75, 3.05) is 19.4 Å². The minimum absolute atomic E-state index is 0.114. The molecule has 2 aromatic carbocycles. The molecule has 0 saturated heterocycles. The van der Waals surface area contributed by atoms with Gasteiger partial charge in [0.05, 0.1) is 11.6 Å². The molecule has 154 valence electrons. The average Bonchev–Trinajstić information content (AvgIpc) is 2.77. The quantitative estimate of drug-likeness (QED) is 0.705. The summed E-state index contributed by atoms with van der Waals surface area (Å²) >= 11 is 1.61. The molecule has 0 fully saturated rings. The monoisotopic (exact) mass is 419 g/mol. The van der Waals surface area contributed by atoms with Crippen molar-refractivity contribution in [2.45, 2.75) is 24.7 Å². The lowest BCUT2D eigenvalue weighted by atomic mass is 9.71. The molecule has 4 rings (SSSR count). The van der Waals surface area contributed by atoms with Gasteiger partial charge in [-0.25, -0.2) is 0 Å². The van der Waals surface area contributed by atoms with Crippen LogP contribution in [0.5, 0.6) is 0 Å². The number of thioether (sulfide) groups is 1. The first kappa shape index (κ1) is 20.3. The third-order valence-electron chi connectivity index (χ3n) is 5.84. The average molecular weight is 420 g/mol. The molecule has 30 heavy (non-hydrogen) atoms. The predicted molar refractivity (Wildman–Crippen MR) is 121 cm³/mol. The topological polar surface area (TPSA) is 70.2 Å². The summed E-state index contributed by atoms with van der Waals surface area (Å²) in [7, 11) is 3.28. The standard InChI is InChI=1S/C24H25N3O2S/c1-13-9-5-6-10-15(13)19-18(23(28)25-3)14(2)22-21(20(19)24(29)26-4)27-16-11-7-8-12-17(16)30-22/h5-12,19-20,27H,1-4H3,(H,25,28)(H,26,29). The number of likely N-dealkylation sites (N-methyl/N-ethyl adjacent to an activating group) is 1. The van der Waals surface area contributed by atoms with Gasteiger partial charge < -0.3 is 16.0 Å². The SMILES string of the molecule is CNC(=O)C1=C(C)C2=C(Nc3ccccc3S2)C(C(=O)NC)C1c1ccccc1C. The Kier molecular flexibility index (Phi) is 5.43. The number of amides is 2. The summed E-state index contributed by atoms with van der Waals surface area (Å²) in [5.41, 5.74) is 5.43. The molecule has 2 atom stereocenters. The minimum atomic E-state index is -0.539. The van der Waals surface area contributed by atoms with Gasteiger partial charge in [0.15, 0.2) is 0 Å². The fourth-order valence-corrected chi connectivity index (χ4v) is 5.51. The highest BCUT2D eigenvalue weighted by Gasteiger charge is 2.45. The van der Waals surface area contributed by atoms with Gasteiger partial charge >= 0.3 is 0 Å². The summed E-state index contributed by atoms with van der Waals surface area (Å²) in [5.74, 6) is -1.19. The van der Waals surface area contributed by atoms with Gasteiger partial charge in [-0.1, -0.05) is 48.2 Å². The Balaban J connectivity index is 1.99. The van der Waals surface area contributed by atoms with Gasteiger partial charge in [-0.15, -0.1) is 0 Å². The Labute approximate surface area is 181 Å². The number of nitrogens with one attached hydrogen (secondary N) is 3. The molecule has 3 N–H and O–H groups in total. The maximum absolute atomic E-state index is 13.2. The third kappa shape index (κ3) is 3.21. The fourth-order valence-electron chi connectivity index (χ4n) is 4.37. The van der Waals surface area contributed by atoms with Crippen LogP contribution in [0.15, 0.2) is 75.2 Å². The third-order valence-corrected chi connectivity index (χ3v) is 7.14. The molecule has 0 bridgehead atoms. The van der Waals surface area contributed by atoms with E-state index in [2.05, 4.69) is 16.0 Å². The lowest BCUT2D eigenvalue weighted by molar-refractivity contribution is -0.124. The zero-order chi connectivity index (χ0) is 21.4. The number of carbonyl (C=O) groups is 2. The van der Waals surface area contributed by atoms with Gasteiger partial charge in [-0.3, -0.25) is 9.59 Å². The van der Waals surface area contributed by atoms with E-state index in [0.717, 1.165) is 37.9 Å². The molecule has 2 aromatic rings. The van der Waals surface area contributed by atoms with Crippen LogP contribution in [0.1, 0.15) is 24.0 Å². The summed E-state index contributed by atoms with van der Waals surface area (Å²) in [4.78, 5) is 28.4. The Morgan fingerprint density at radius 3 is 2.37 bits per heavy atom. The van der Waals surface area contributed by atoms with Crippen molar-refractivity contribution in [2.24, 2.45) is 5.92 Å². The molecule has 2 aliphatic rings. The predicted octanol–water partition coefficient (Wildman–Crippen LogP) is 3.95. The smallest absolute Gasteiger partial charge is 0.247 e. The molecule has 5 nitrogen and oxygen atoms in total. The number of rotatable bonds is 3. The van der Waals surface area contributed by atoms with Gasteiger partial charge in [0.1, 0.15) is 0 Å². The van der Waals surface area contributed by atoms with E-state index in [1.807, 2.05) is 62.4 Å². The van der Waals surface area contributed by atoms with E-state index in [1.54, 1.807) is 25.9 Å². The van der Waals surface area contributed by atoms with Crippen LogP contribution in [0.4, 0.5) is 5.69 Å². The van der Waals surface area contributed by atoms with Crippen molar-refractivity contribution in [1.82, 2.24) is 10.6 Å². The zero-order valence-corrected chi connectivity index (χ0v) is 18.3. The van der Waals surface area contributed by atoms with E-state index in [9.17, 15) is 9.59 Å². The summed E-state index contributed by atoms with van der Waals surface area (Å²) in [5, 5.41) is 9.15. The van der Waals surface area contributed by atoms with Gasteiger partial charge in [-0.2, -0.15) is 0 Å². The molecule has 0 spiro atoms. The molecule has 0 radical (unpaired) electrons. The number of carbonyl (C=O) groups excluding carboxylic acids is 2. The lowest BCUT2D eigenvalue weighted by Crippen LogP contribution is -2.42. The second-order valence-electron chi connectivity index (χ2n) is 7.51. The Morgan fingerprint density at radius 1 is 0.967 bits per heavy atom. The number of allylic oxidation sites excluding steroid dienone is 1. The number of hydrogen-bond acceptors (Lipinski definition) is 4. The summed E-state index contributed by atoms with van der Waals surface area (Å²) < 4.78 is 0. The number of fused-ring (bicyclic) bond motifs is 1. The van der Waals surface area contributed by atoms with Crippen molar-refractivity contribution in [3.05, 3.63) is 81.4 Å². The van der Waals surface area contributed by atoms with E-state index in [4.69, 9.17) is 0 Å². The Bertz CT molecular complexity index is 1100. The van der Waals surface area contributed by atoms with Gasteiger partial charge in [0.25, 0.3) is 0 Å². The van der Waals surface area contributed by atoms with E-state index >= 15 is 0 Å². The Hall–Kier alpha value is -2.99. The summed E-state index contributed by atoms with van der Waals surface area (Å²) in [6, 6.07) is 16.0. The van der Waals surface area contributed by atoms with Crippen LogP contribution in [-0.4, -0.2) is 25.9 Å². The van der Waals surface area contributed by atoms with Crippen LogP contribution in [0.3, 0.4) is 0 Å². The highest BCUT2D eigenvalue weighted by atomic mass is 32.2. The van der Waals surface area contributed by atoms with Crippen LogP contribution in [0, 0.1) is 12.8 Å². The van der Waals surface area contributed by atoms with Gasteiger partial charge in [0.2, 0.25) is 11.8 Å². The highest BCUT2D eigenvalue weighted by molar-refractivity contribution is 8.03. The summed E-state index contributed by atoms with van der Waals surface area (Å²) in [6.07, 6.45) is 0. The second kappa shape index (κ2) is 8.03. The molecule has 1 aliphatic carbocycles. The van der Waals surface area contributed by atoms with Gasteiger partial charge in [0, 0.05) is 41.1 Å². The van der Waals surface area contributed by atoms with Crippen LogP contribution < -0.4 is 16.0 Å². The van der Waals surface area contributed by atoms with E-state index in [-0.39, 0.29) is 17.7 Å². The lowest BCUT2D eigenvalue weighted by Gasteiger charge is -2.39. The van der Waals surface area contributed by atoms with E-state index < -0.39 is 5.92 Å². The van der Waals surface area contributed by atoms with E-state index in [0.29, 0.717) is 5.57 Å². The van der Waals surface area contributed by atoms with Crippen LogP contribution >= 0.6 is 11.8 Å².